The van der Waals surface area contributed by atoms with E-state index in [2.05, 4.69) is 26.1 Å². The minimum atomic E-state index is -0.673. The fourth-order valence-electron chi connectivity index (χ4n) is 9.72. The lowest BCUT2D eigenvalue weighted by molar-refractivity contribution is -0.137. The van der Waals surface area contributed by atoms with Crippen LogP contribution in [0.5, 0.6) is 0 Å². The number of carbonyl (C=O) groups is 3. The van der Waals surface area contributed by atoms with Gasteiger partial charge >= 0.3 is 0 Å². The topological polar surface area (TPSA) is 92.5 Å². The van der Waals surface area contributed by atoms with E-state index in [1.54, 1.807) is 0 Å². The van der Waals surface area contributed by atoms with Gasteiger partial charge in [-0.15, -0.1) is 0 Å². The third-order valence-corrected chi connectivity index (χ3v) is 14.2. The van der Waals surface area contributed by atoms with E-state index in [9.17, 15) is 14.4 Å². The van der Waals surface area contributed by atoms with Crippen LogP contribution in [0.3, 0.4) is 0 Å². The highest BCUT2D eigenvalue weighted by Crippen LogP contribution is 2.18. The van der Waals surface area contributed by atoms with E-state index in [-0.39, 0.29) is 24.7 Å². The van der Waals surface area contributed by atoms with Crippen LogP contribution in [-0.4, -0.2) is 41.8 Å². The monoisotopic (exact) mass is 916 g/mol. The molecular formula is C59H117N3O3. The minimum Gasteiger partial charge on any atom is -0.370 e. The molecule has 3 N–H and O–H groups in total. The number of carbonyl (C=O) groups excluding carboxylic acids is 3. The van der Waals surface area contributed by atoms with Crippen LogP contribution in [0, 0.1) is 0 Å². The zero-order chi connectivity index (χ0) is 47.4. The summed E-state index contributed by atoms with van der Waals surface area (Å²) in [5.74, 6) is -0.494. The standard InChI is InChI=1S/C59H117N3O3/c1-4-7-10-13-16-19-22-25-28-31-34-37-40-43-46-49-54-62(55-50-47-44-41-38-35-32-29-26-23-20-17-14-11-8-5-2)59(65)56(52-53-57(60)63)61-58(64)51-48-45-42-39-36-33-30-27-24-21-18-15-12-9-6-3/h56H,4-55H2,1-3H3,(H2,60,63)(H,61,64)/t56-/m0/s1. The first kappa shape index (κ1) is 63.4. The van der Waals surface area contributed by atoms with E-state index in [0.717, 1.165) is 51.6 Å². The summed E-state index contributed by atoms with van der Waals surface area (Å²) in [5, 5.41) is 3.08. The van der Waals surface area contributed by atoms with Crippen LogP contribution in [0.25, 0.3) is 0 Å². The SMILES string of the molecule is CCCCCCCCCCCCCCCCCCN(CCCCCCCCCCCCCCCCCC)C(=O)[C@H](CCC(N)=O)NC(=O)CCCCCCCCCCCCCCCCC. The number of rotatable bonds is 55. The normalized spacial score (nSPS) is 11.9. The molecule has 0 fully saturated rings. The maximum absolute atomic E-state index is 14.1. The number of nitrogens with two attached hydrogens (primary N) is 1. The summed E-state index contributed by atoms with van der Waals surface area (Å²) >= 11 is 0. The van der Waals surface area contributed by atoms with Gasteiger partial charge in [0.1, 0.15) is 6.04 Å². The van der Waals surface area contributed by atoms with Gasteiger partial charge in [0.25, 0.3) is 0 Å². The van der Waals surface area contributed by atoms with Crippen molar-refractivity contribution in [2.45, 2.75) is 348 Å². The Morgan fingerprint density at radius 2 is 0.569 bits per heavy atom. The molecule has 386 valence electrons. The molecule has 0 aromatic carbocycles. The first-order valence-electron chi connectivity index (χ1n) is 29.8. The Bertz CT molecular complexity index is 952. The maximum Gasteiger partial charge on any atom is 0.245 e. The molecule has 0 radical (unpaired) electrons. The molecule has 0 saturated heterocycles. The molecule has 1 atom stereocenters. The van der Waals surface area contributed by atoms with Crippen molar-refractivity contribution < 1.29 is 14.4 Å². The number of amides is 3. The molecule has 3 amide bonds. The Morgan fingerprint density at radius 3 is 0.815 bits per heavy atom. The van der Waals surface area contributed by atoms with Gasteiger partial charge in [-0.05, 0) is 25.7 Å². The molecule has 0 unspecified atom stereocenters. The molecule has 0 bridgehead atoms. The minimum absolute atomic E-state index is 0.0157. The summed E-state index contributed by atoms with van der Waals surface area (Å²) in [4.78, 5) is 41.2. The Kier molecular flexibility index (Phi) is 52.1. The summed E-state index contributed by atoms with van der Waals surface area (Å²) in [5.41, 5.74) is 5.58. The zero-order valence-corrected chi connectivity index (χ0v) is 44.6. The molecule has 0 saturated carbocycles. The summed E-state index contributed by atoms with van der Waals surface area (Å²) in [7, 11) is 0. The summed E-state index contributed by atoms with van der Waals surface area (Å²) < 4.78 is 0. The van der Waals surface area contributed by atoms with Crippen molar-refractivity contribution in [2.24, 2.45) is 5.73 Å². The average molecular weight is 917 g/mol. The van der Waals surface area contributed by atoms with Gasteiger partial charge in [-0.25, -0.2) is 0 Å². The first-order valence-corrected chi connectivity index (χ1v) is 29.8. The van der Waals surface area contributed by atoms with Crippen molar-refractivity contribution in [3.05, 3.63) is 0 Å². The van der Waals surface area contributed by atoms with E-state index in [1.807, 2.05) is 4.90 Å². The van der Waals surface area contributed by atoms with Crippen molar-refractivity contribution in [3.8, 4) is 0 Å². The molecule has 6 nitrogen and oxygen atoms in total. The Labute approximate surface area is 407 Å². The number of hydrogen-bond donors (Lipinski definition) is 2. The van der Waals surface area contributed by atoms with Gasteiger partial charge in [-0.3, -0.25) is 14.4 Å². The van der Waals surface area contributed by atoms with E-state index in [0.29, 0.717) is 6.42 Å². The molecule has 6 heteroatoms. The van der Waals surface area contributed by atoms with Crippen molar-refractivity contribution in [1.29, 1.82) is 0 Å². The van der Waals surface area contributed by atoms with Gasteiger partial charge in [0.15, 0.2) is 0 Å². The van der Waals surface area contributed by atoms with Crippen LogP contribution in [0.15, 0.2) is 0 Å². The fraction of sp³-hybridized carbons (Fsp3) is 0.949. The first-order chi connectivity index (χ1) is 32.0. The molecule has 0 aliphatic rings. The molecule has 0 rings (SSSR count). The number of primary amides is 1. The van der Waals surface area contributed by atoms with Gasteiger partial charge in [0.05, 0.1) is 0 Å². The Balaban J connectivity index is 4.69. The predicted molar refractivity (Wildman–Crippen MR) is 286 cm³/mol. The smallest absolute Gasteiger partial charge is 0.245 e. The third kappa shape index (κ3) is 48.7. The van der Waals surface area contributed by atoms with Crippen LogP contribution in [-0.2, 0) is 14.4 Å². The van der Waals surface area contributed by atoms with Gasteiger partial charge < -0.3 is 16.0 Å². The maximum atomic E-state index is 14.1. The molecular weight excluding hydrogens is 799 g/mol. The highest BCUT2D eigenvalue weighted by molar-refractivity contribution is 5.88. The second-order valence-corrected chi connectivity index (χ2v) is 20.8. The van der Waals surface area contributed by atoms with Crippen LogP contribution in [0.4, 0.5) is 0 Å². The van der Waals surface area contributed by atoms with E-state index < -0.39 is 11.9 Å². The number of nitrogens with one attached hydrogen (secondary N) is 1. The number of nitrogens with zero attached hydrogens (tertiary/aromatic N) is 1. The lowest BCUT2D eigenvalue weighted by atomic mass is 10.0. The van der Waals surface area contributed by atoms with E-state index >= 15 is 0 Å². The Morgan fingerprint density at radius 1 is 0.338 bits per heavy atom. The number of unbranched alkanes of at least 4 members (excludes halogenated alkanes) is 44. The summed E-state index contributed by atoms with van der Waals surface area (Å²) in [6.07, 6.45) is 62.8. The molecule has 0 heterocycles. The van der Waals surface area contributed by atoms with E-state index in [1.165, 1.54) is 263 Å². The van der Waals surface area contributed by atoms with Crippen LogP contribution in [0.1, 0.15) is 342 Å². The van der Waals surface area contributed by atoms with Crippen molar-refractivity contribution >= 4 is 17.7 Å². The van der Waals surface area contributed by atoms with Gasteiger partial charge in [-0.1, -0.05) is 303 Å². The second-order valence-electron chi connectivity index (χ2n) is 20.8. The highest BCUT2D eigenvalue weighted by atomic mass is 16.2. The van der Waals surface area contributed by atoms with Crippen molar-refractivity contribution in [2.75, 3.05) is 13.1 Å². The predicted octanol–water partition coefficient (Wildman–Crippen LogP) is 18.3. The lowest BCUT2D eigenvalue weighted by Crippen LogP contribution is -2.49. The lowest BCUT2D eigenvalue weighted by Gasteiger charge is -2.28. The molecule has 0 aromatic rings. The van der Waals surface area contributed by atoms with Crippen molar-refractivity contribution in [1.82, 2.24) is 10.2 Å². The Hall–Kier alpha value is -1.59. The van der Waals surface area contributed by atoms with Crippen LogP contribution < -0.4 is 11.1 Å². The zero-order valence-electron chi connectivity index (χ0n) is 44.6. The summed E-state index contributed by atoms with van der Waals surface area (Å²) in [6, 6.07) is -0.673. The molecule has 0 aliphatic heterocycles. The van der Waals surface area contributed by atoms with Gasteiger partial charge in [-0.2, -0.15) is 0 Å². The quantitative estimate of drug-likeness (QED) is 0.0595. The summed E-state index contributed by atoms with van der Waals surface area (Å²) in [6.45, 7) is 8.33. The molecule has 65 heavy (non-hydrogen) atoms. The molecule has 0 aliphatic carbocycles. The third-order valence-electron chi connectivity index (χ3n) is 14.2. The number of hydrogen-bond acceptors (Lipinski definition) is 3. The average Bonchev–Trinajstić information content (AvgIpc) is 3.30. The molecule has 0 aromatic heterocycles. The highest BCUT2D eigenvalue weighted by Gasteiger charge is 2.26. The largest absolute Gasteiger partial charge is 0.370 e. The van der Waals surface area contributed by atoms with E-state index in [4.69, 9.17) is 5.73 Å². The van der Waals surface area contributed by atoms with Crippen molar-refractivity contribution in [3.63, 3.8) is 0 Å². The van der Waals surface area contributed by atoms with Crippen LogP contribution >= 0.6 is 0 Å². The molecule has 0 spiro atoms. The van der Waals surface area contributed by atoms with Gasteiger partial charge in [0, 0.05) is 25.9 Å². The van der Waals surface area contributed by atoms with Crippen LogP contribution in [0.2, 0.25) is 0 Å². The van der Waals surface area contributed by atoms with Gasteiger partial charge in [0.2, 0.25) is 17.7 Å². The fourth-order valence-corrected chi connectivity index (χ4v) is 9.72. The second kappa shape index (κ2) is 53.4.